The first-order valence-electron chi connectivity index (χ1n) is 5.85. The highest BCUT2D eigenvalue weighted by Gasteiger charge is 2.13. The second-order valence-corrected chi connectivity index (χ2v) is 4.05. The van der Waals surface area contributed by atoms with Crippen LogP contribution in [0.4, 0.5) is 0 Å². The van der Waals surface area contributed by atoms with E-state index < -0.39 is 0 Å². The summed E-state index contributed by atoms with van der Waals surface area (Å²) in [6.07, 6.45) is 2.19. The van der Waals surface area contributed by atoms with Gasteiger partial charge in [0, 0.05) is 19.5 Å². The maximum atomic E-state index is 11.7. The van der Waals surface area contributed by atoms with Crippen molar-refractivity contribution in [1.29, 1.82) is 0 Å². The topological polar surface area (TPSA) is 86.8 Å². The molecule has 1 unspecified atom stereocenters. The van der Waals surface area contributed by atoms with E-state index in [9.17, 15) is 4.79 Å². The number of carbonyl (C=O) groups is 1. The molecule has 96 valence electrons. The van der Waals surface area contributed by atoms with E-state index in [0.29, 0.717) is 32.0 Å². The number of aliphatic hydroxyl groups excluding tert-OH is 2. The van der Waals surface area contributed by atoms with E-state index in [1.54, 1.807) is 0 Å². The van der Waals surface area contributed by atoms with E-state index in [1.165, 1.54) is 4.90 Å². The van der Waals surface area contributed by atoms with Crippen LogP contribution in [-0.2, 0) is 4.79 Å². The highest BCUT2D eigenvalue weighted by molar-refractivity contribution is 5.76. The zero-order valence-electron chi connectivity index (χ0n) is 10.1. The zero-order valence-corrected chi connectivity index (χ0v) is 10.1. The van der Waals surface area contributed by atoms with Crippen molar-refractivity contribution in [2.24, 2.45) is 11.7 Å². The normalized spacial score (nSPS) is 12.5. The van der Waals surface area contributed by atoms with Gasteiger partial charge in [0.2, 0.25) is 5.91 Å². The third kappa shape index (κ3) is 6.76. The van der Waals surface area contributed by atoms with E-state index in [4.69, 9.17) is 15.9 Å². The van der Waals surface area contributed by atoms with Crippen LogP contribution in [-0.4, -0.2) is 53.9 Å². The second kappa shape index (κ2) is 9.57. The molecule has 1 atom stereocenters. The molecule has 0 heterocycles. The van der Waals surface area contributed by atoms with Crippen molar-refractivity contribution < 1.29 is 15.0 Å². The van der Waals surface area contributed by atoms with E-state index in [2.05, 4.69) is 6.92 Å². The minimum Gasteiger partial charge on any atom is -0.395 e. The number of hydrogen-bond acceptors (Lipinski definition) is 4. The lowest BCUT2D eigenvalue weighted by atomic mass is 10.0. The molecule has 0 aromatic carbocycles. The summed E-state index contributed by atoms with van der Waals surface area (Å²) in [6, 6.07) is 0. The van der Waals surface area contributed by atoms with E-state index in [-0.39, 0.29) is 19.1 Å². The summed E-state index contributed by atoms with van der Waals surface area (Å²) < 4.78 is 0. The number of nitrogens with zero attached hydrogens (tertiary/aromatic N) is 1. The molecule has 0 saturated carbocycles. The molecule has 0 aliphatic heterocycles. The van der Waals surface area contributed by atoms with Crippen molar-refractivity contribution in [3.05, 3.63) is 0 Å². The summed E-state index contributed by atoms with van der Waals surface area (Å²) in [5.74, 6) is 0.436. The predicted molar refractivity (Wildman–Crippen MR) is 62.8 cm³/mol. The Kier molecular flexibility index (Phi) is 9.18. The number of aliphatic hydroxyl groups is 2. The SMILES string of the molecule is CC(CCN)CCC(=O)N(CCO)CCO. The molecule has 0 aromatic heterocycles. The molecule has 0 bridgehead atoms. The molecule has 0 radical (unpaired) electrons. The monoisotopic (exact) mass is 232 g/mol. The Hall–Kier alpha value is -0.650. The highest BCUT2D eigenvalue weighted by atomic mass is 16.3. The molecule has 16 heavy (non-hydrogen) atoms. The van der Waals surface area contributed by atoms with Gasteiger partial charge in [0.25, 0.3) is 0 Å². The maximum Gasteiger partial charge on any atom is 0.222 e. The van der Waals surface area contributed by atoms with Gasteiger partial charge in [0.1, 0.15) is 0 Å². The fourth-order valence-corrected chi connectivity index (χ4v) is 1.56. The lowest BCUT2D eigenvalue weighted by molar-refractivity contribution is -0.132. The number of carbonyl (C=O) groups excluding carboxylic acids is 1. The Morgan fingerprint density at radius 1 is 1.25 bits per heavy atom. The molecule has 5 nitrogen and oxygen atoms in total. The van der Waals surface area contributed by atoms with E-state index >= 15 is 0 Å². The van der Waals surface area contributed by atoms with Crippen LogP contribution in [0.1, 0.15) is 26.2 Å². The smallest absolute Gasteiger partial charge is 0.222 e. The van der Waals surface area contributed by atoms with Gasteiger partial charge in [0.15, 0.2) is 0 Å². The predicted octanol–water partition coefficient (Wildman–Crippen LogP) is -0.435. The summed E-state index contributed by atoms with van der Waals surface area (Å²) in [4.78, 5) is 13.2. The van der Waals surface area contributed by atoms with Gasteiger partial charge in [-0.2, -0.15) is 0 Å². The zero-order chi connectivity index (χ0) is 12.4. The molecule has 0 aliphatic rings. The molecule has 4 N–H and O–H groups in total. The Morgan fingerprint density at radius 3 is 2.25 bits per heavy atom. The van der Waals surface area contributed by atoms with Gasteiger partial charge >= 0.3 is 0 Å². The number of amides is 1. The third-order valence-corrected chi connectivity index (χ3v) is 2.60. The molecule has 1 amide bonds. The molecular formula is C11H24N2O3. The highest BCUT2D eigenvalue weighted by Crippen LogP contribution is 2.10. The fraction of sp³-hybridized carbons (Fsp3) is 0.909. The van der Waals surface area contributed by atoms with Crippen molar-refractivity contribution >= 4 is 5.91 Å². The molecule has 0 saturated heterocycles. The molecule has 0 spiro atoms. The lowest BCUT2D eigenvalue weighted by Gasteiger charge is -2.21. The Bertz CT molecular complexity index is 182. The summed E-state index contributed by atoms with van der Waals surface area (Å²) in [7, 11) is 0. The first kappa shape index (κ1) is 15.3. The minimum atomic E-state index is -0.0654. The maximum absolute atomic E-state index is 11.7. The van der Waals surface area contributed by atoms with Gasteiger partial charge in [0.05, 0.1) is 13.2 Å². The van der Waals surface area contributed by atoms with Crippen molar-refractivity contribution in [3.63, 3.8) is 0 Å². The van der Waals surface area contributed by atoms with E-state index in [0.717, 1.165) is 12.8 Å². The summed E-state index contributed by atoms with van der Waals surface area (Å²) >= 11 is 0. The van der Waals surface area contributed by atoms with Crippen LogP contribution >= 0.6 is 0 Å². The van der Waals surface area contributed by atoms with Gasteiger partial charge in [-0.25, -0.2) is 0 Å². The Balaban J connectivity index is 3.90. The Labute approximate surface area is 97.2 Å². The number of rotatable bonds is 9. The standard InChI is InChI=1S/C11H24N2O3/c1-10(4-5-12)2-3-11(16)13(6-8-14)7-9-15/h10,14-15H,2-9,12H2,1H3. The summed E-state index contributed by atoms with van der Waals surface area (Å²) in [5, 5.41) is 17.6. The molecule has 0 rings (SSSR count). The van der Waals surface area contributed by atoms with Gasteiger partial charge in [-0.05, 0) is 25.3 Å². The first-order chi connectivity index (χ1) is 7.65. The van der Waals surface area contributed by atoms with Gasteiger partial charge in [-0.3, -0.25) is 4.79 Å². The van der Waals surface area contributed by atoms with Crippen LogP contribution < -0.4 is 5.73 Å². The van der Waals surface area contributed by atoms with Crippen LogP contribution in [0.5, 0.6) is 0 Å². The lowest BCUT2D eigenvalue weighted by Crippen LogP contribution is -2.35. The van der Waals surface area contributed by atoms with Gasteiger partial charge < -0.3 is 20.8 Å². The van der Waals surface area contributed by atoms with Crippen LogP contribution in [0, 0.1) is 5.92 Å². The Morgan fingerprint density at radius 2 is 1.81 bits per heavy atom. The van der Waals surface area contributed by atoms with Crippen molar-refractivity contribution in [2.45, 2.75) is 26.2 Å². The summed E-state index contributed by atoms with van der Waals surface area (Å²) in [5.41, 5.74) is 5.43. The second-order valence-electron chi connectivity index (χ2n) is 4.05. The molecule has 0 fully saturated rings. The number of hydrogen-bond donors (Lipinski definition) is 3. The largest absolute Gasteiger partial charge is 0.395 e. The average molecular weight is 232 g/mol. The quantitative estimate of drug-likeness (QED) is 0.503. The van der Waals surface area contributed by atoms with Crippen LogP contribution in [0.3, 0.4) is 0 Å². The summed E-state index contributed by atoms with van der Waals surface area (Å²) in [6.45, 7) is 3.18. The fourth-order valence-electron chi connectivity index (χ4n) is 1.56. The van der Waals surface area contributed by atoms with Crippen molar-refractivity contribution in [1.82, 2.24) is 4.90 Å². The molecule has 0 aliphatic carbocycles. The van der Waals surface area contributed by atoms with Crippen molar-refractivity contribution in [3.8, 4) is 0 Å². The van der Waals surface area contributed by atoms with Crippen molar-refractivity contribution in [2.75, 3.05) is 32.8 Å². The molecular weight excluding hydrogens is 208 g/mol. The van der Waals surface area contributed by atoms with Gasteiger partial charge in [-0.1, -0.05) is 6.92 Å². The average Bonchev–Trinajstić information content (AvgIpc) is 2.26. The third-order valence-electron chi connectivity index (χ3n) is 2.60. The molecule has 5 heteroatoms. The minimum absolute atomic E-state index is 0.00743. The van der Waals surface area contributed by atoms with Crippen LogP contribution in [0.2, 0.25) is 0 Å². The molecule has 0 aromatic rings. The van der Waals surface area contributed by atoms with Gasteiger partial charge in [-0.15, -0.1) is 0 Å². The van der Waals surface area contributed by atoms with E-state index in [1.807, 2.05) is 0 Å². The first-order valence-corrected chi connectivity index (χ1v) is 5.85. The van der Waals surface area contributed by atoms with Crippen LogP contribution in [0.15, 0.2) is 0 Å². The van der Waals surface area contributed by atoms with Crippen LogP contribution in [0.25, 0.3) is 0 Å². The number of nitrogens with two attached hydrogens (primary N) is 1.